The third-order valence-electron chi connectivity index (χ3n) is 20.0. The monoisotopic (exact) mass is 1380 g/mol. The zero-order chi connectivity index (χ0) is 72.5. The Hall–Kier alpha value is -14.5. The fourth-order valence-electron chi connectivity index (χ4n) is 14.5. The summed E-state index contributed by atoms with van der Waals surface area (Å²) in [6.07, 6.45) is 17.4. The molecule has 0 aliphatic carbocycles. The molecule has 12 aromatic carbocycles. The molecule has 0 amide bonds. The first-order valence-corrected chi connectivity index (χ1v) is 36.2. The maximum absolute atomic E-state index is 5.13. The molecule has 6 nitrogen and oxygen atoms in total. The first-order chi connectivity index (χ1) is 53.4. The van der Waals surface area contributed by atoms with Gasteiger partial charge in [0.25, 0.3) is 0 Å². The fraction of sp³-hybridized carbons (Fsp3) is 0. The van der Waals surface area contributed by atoms with Gasteiger partial charge in [-0.25, -0.2) is 9.97 Å². The molecule has 0 saturated heterocycles. The number of hydrogen-bond donors (Lipinski definition) is 0. The zero-order valence-electron chi connectivity index (χ0n) is 59.2. The van der Waals surface area contributed by atoms with Crippen LogP contribution < -0.4 is 0 Å². The number of nitrogens with zero attached hydrogens (tertiary/aromatic N) is 6. The number of pyridine rings is 4. The van der Waals surface area contributed by atoms with E-state index in [1.165, 1.54) is 0 Å². The Labute approximate surface area is 630 Å². The quantitative estimate of drug-likeness (QED) is 0.0751. The minimum absolute atomic E-state index is 0.630. The summed E-state index contributed by atoms with van der Waals surface area (Å²) in [5.74, 6) is 0.630. The second-order valence-corrected chi connectivity index (χ2v) is 26.7. The Morgan fingerprint density at radius 2 is 0.444 bits per heavy atom. The first-order valence-electron chi connectivity index (χ1n) is 36.2. The number of aromatic nitrogens is 6. The zero-order valence-corrected chi connectivity index (χ0v) is 59.2. The lowest BCUT2D eigenvalue weighted by molar-refractivity contribution is 1.18. The predicted octanol–water partition coefficient (Wildman–Crippen LogP) is 26.5. The molecule has 0 aliphatic rings. The Morgan fingerprint density at radius 3 is 0.722 bits per heavy atom. The molecule has 0 aliphatic heterocycles. The van der Waals surface area contributed by atoms with E-state index in [-0.39, 0.29) is 0 Å². The molecule has 6 heteroatoms. The summed E-state index contributed by atoms with van der Waals surface area (Å²) in [5, 5.41) is 0. The summed E-state index contributed by atoms with van der Waals surface area (Å²) in [6.45, 7) is 8.09. The van der Waals surface area contributed by atoms with Crippen molar-refractivity contribution in [2.75, 3.05) is 0 Å². The van der Waals surface area contributed by atoms with Gasteiger partial charge in [-0.1, -0.05) is 317 Å². The van der Waals surface area contributed by atoms with Gasteiger partial charge >= 0.3 is 0 Å². The molecule has 0 bridgehead atoms. The Balaban J connectivity index is 0.716. The van der Waals surface area contributed by atoms with Crippen molar-refractivity contribution in [3.8, 4) is 179 Å². The summed E-state index contributed by atoms with van der Waals surface area (Å²) in [6, 6.07) is 122. The van der Waals surface area contributed by atoms with Gasteiger partial charge < -0.3 is 0 Å². The molecule has 0 unspecified atom stereocenters. The molecule has 0 radical (unpaired) electrons. The second-order valence-electron chi connectivity index (χ2n) is 26.7. The molecule has 17 rings (SSSR count). The molecule has 0 spiro atoms. The second kappa shape index (κ2) is 30.5. The third-order valence-corrected chi connectivity index (χ3v) is 20.0. The van der Waals surface area contributed by atoms with Gasteiger partial charge in [-0.2, -0.15) is 0 Å². The van der Waals surface area contributed by atoms with Crippen LogP contribution in [-0.2, 0) is 0 Å². The number of hydrogen-bond acceptors (Lipinski definition) is 6. The Morgan fingerprint density at radius 1 is 0.204 bits per heavy atom. The largest absolute Gasteiger partial charge is 0.256 e. The lowest BCUT2D eigenvalue weighted by atomic mass is 9.86. The van der Waals surface area contributed by atoms with Crippen molar-refractivity contribution in [3.63, 3.8) is 0 Å². The topological polar surface area (TPSA) is 77.3 Å². The average molecular weight is 1380 g/mol. The molecule has 508 valence electrons. The van der Waals surface area contributed by atoms with E-state index in [9.17, 15) is 0 Å². The summed E-state index contributed by atoms with van der Waals surface area (Å²) in [5.41, 5.74) is 34.0. The van der Waals surface area contributed by atoms with Crippen molar-refractivity contribution in [2.24, 2.45) is 0 Å². The molecule has 0 atom stereocenters. The van der Waals surface area contributed by atoms with Crippen LogP contribution in [0.3, 0.4) is 0 Å². The van der Waals surface area contributed by atoms with E-state index in [0.717, 1.165) is 184 Å². The van der Waals surface area contributed by atoms with Crippen LogP contribution in [0.25, 0.3) is 184 Å². The van der Waals surface area contributed by atoms with Gasteiger partial charge in [-0.05, 0) is 172 Å². The van der Waals surface area contributed by atoms with E-state index < -0.39 is 0 Å². The van der Waals surface area contributed by atoms with Gasteiger partial charge in [0, 0.05) is 87.3 Å². The molecular weight excluding hydrogens is 1310 g/mol. The van der Waals surface area contributed by atoms with Gasteiger partial charge in [0.15, 0.2) is 5.82 Å². The van der Waals surface area contributed by atoms with Crippen LogP contribution in [-0.4, -0.2) is 29.9 Å². The molecule has 108 heavy (non-hydrogen) atoms. The van der Waals surface area contributed by atoms with E-state index in [4.69, 9.17) is 29.9 Å². The van der Waals surface area contributed by atoms with Crippen LogP contribution in [0.15, 0.2) is 414 Å². The first kappa shape index (κ1) is 66.8. The van der Waals surface area contributed by atoms with Crippen molar-refractivity contribution in [1.29, 1.82) is 0 Å². The highest BCUT2D eigenvalue weighted by Gasteiger charge is 2.21. The molecule has 5 heterocycles. The highest BCUT2D eigenvalue weighted by molar-refractivity contribution is 5.97. The highest BCUT2D eigenvalue weighted by Crippen LogP contribution is 2.46. The van der Waals surface area contributed by atoms with E-state index in [0.29, 0.717) is 5.82 Å². The lowest BCUT2D eigenvalue weighted by Crippen LogP contribution is -1.94. The van der Waals surface area contributed by atoms with Gasteiger partial charge in [-0.3, -0.25) is 19.9 Å². The van der Waals surface area contributed by atoms with E-state index >= 15 is 0 Å². The lowest BCUT2D eigenvalue weighted by Gasteiger charge is -2.18. The summed E-state index contributed by atoms with van der Waals surface area (Å²) < 4.78 is 0. The molecule has 5 aromatic heterocycles. The minimum atomic E-state index is 0.630. The molecule has 0 saturated carbocycles. The van der Waals surface area contributed by atoms with Crippen molar-refractivity contribution >= 4 is 5.57 Å². The normalized spacial score (nSPS) is 11.2. The van der Waals surface area contributed by atoms with Crippen LogP contribution in [0.5, 0.6) is 0 Å². The average Bonchev–Trinajstić information content (AvgIpc) is 0.773. The maximum Gasteiger partial charge on any atom is 0.159 e. The van der Waals surface area contributed by atoms with Crippen molar-refractivity contribution < 1.29 is 0 Å². The highest BCUT2D eigenvalue weighted by atomic mass is 14.9. The van der Waals surface area contributed by atoms with Crippen molar-refractivity contribution in [2.45, 2.75) is 0 Å². The van der Waals surface area contributed by atoms with Gasteiger partial charge in [0.2, 0.25) is 0 Å². The summed E-state index contributed by atoms with van der Waals surface area (Å²) in [4.78, 5) is 30.1. The molecule has 0 N–H and O–H groups in total. The van der Waals surface area contributed by atoms with Crippen LogP contribution in [0, 0.1) is 0 Å². The molecule has 17 aromatic rings. The van der Waals surface area contributed by atoms with Crippen LogP contribution in [0.2, 0.25) is 0 Å². The number of benzene rings is 12. The maximum atomic E-state index is 5.13. The van der Waals surface area contributed by atoms with Crippen LogP contribution in [0.1, 0.15) is 5.69 Å². The van der Waals surface area contributed by atoms with E-state index in [2.05, 4.69) is 298 Å². The Kier molecular flexibility index (Phi) is 18.8. The van der Waals surface area contributed by atoms with E-state index in [1.807, 2.05) is 110 Å². The minimum Gasteiger partial charge on any atom is -0.256 e. The van der Waals surface area contributed by atoms with Crippen molar-refractivity contribution in [1.82, 2.24) is 29.9 Å². The van der Waals surface area contributed by atoms with Gasteiger partial charge in [0.1, 0.15) is 0 Å². The molecular formula is C102H70N6. The van der Waals surface area contributed by atoms with Gasteiger partial charge in [-0.15, -0.1) is 0 Å². The number of allylic oxidation sites excluding steroid dienone is 4. The standard InChI is InChI=1S/C102H70N6/c1-3-4-26-69(2)98-53-49-75(63-103-98)87-34-15-20-39-92(87)80-57-79(58-81(59-80)93-40-21-16-35-88(93)76-50-54-99(104-64-76)71-27-8-5-9-28-71)91-38-19-14-33-86(91)70-45-47-74(48-46-70)102-107-67-85(68-108-102)97-44-25-24-43-96(97)84-61-82(94-41-22-17-36-89(94)77-51-55-100(105-65-77)72-29-10-6-11-30-72)60-83(62-84)95-42-23-18-37-90(95)78-52-56-101(106-66-78)73-31-12-7-13-32-73/h3-68H,1-2H2/b26-4-. The number of rotatable bonds is 19. The van der Waals surface area contributed by atoms with Crippen LogP contribution in [0.4, 0.5) is 0 Å². The predicted molar refractivity (Wildman–Crippen MR) is 449 cm³/mol. The smallest absolute Gasteiger partial charge is 0.159 e. The van der Waals surface area contributed by atoms with Gasteiger partial charge in [0.05, 0.1) is 22.8 Å². The SMILES string of the molecule is C=C/C=C\C(=C)c1ccc(-c2ccccc2-c2cc(-c3ccccc3-c3ccc(-c4ncc(-c5ccccc5-c5cc(-c6ccccc6-c6ccc(-c7ccccc7)nc6)cc(-c6ccccc6-c6ccc(-c7ccccc7)nc6)c5)cn4)cc3)cc(-c3ccccc3-c3ccc(-c4ccccc4)nc3)c2)cn1. The molecule has 0 fully saturated rings. The third kappa shape index (κ3) is 14.0. The fourth-order valence-corrected chi connectivity index (χ4v) is 14.5. The van der Waals surface area contributed by atoms with E-state index in [1.54, 1.807) is 6.08 Å². The van der Waals surface area contributed by atoms with Crippen LogP contribution >= 0.6 is 0 Å². The Bertz CT molecular complexity index is 5990. The summed E-state index contributed by atoms with van der Waals surface area (Å²) in [7, 11) is 0. The summed E-state index contributed by atoms with van der Waals surface area (Å²) >= 11 is 0. The van der Waals surface area contributed by atoms with Crippen molar-refractivity contribution in [3.05, 3.63) is 420 Å².